The number of hydrogen-bond acceptors (Lipinski definition) is 5. The predicted octanol–water partition coefficient (Wildman–Crippen LogP) is 2.38. The first kappa shape index (κ1) is 15.2. The second kappa shape index (κ2) is 6.50. The first-order valence-corrected chi connectivity index (χ1v) is 7.98. The van der Waals surface area contributed by atoms with Gasteiger partial charge in [0.05, 0.1) is 5.69 Å². The predicted molar refractivity (Wildman–Crippen MR) is 86.8 cm³/mol. The summed E-state index contributed by atoms with van der Waals surface area (Å²) in [5.41, 5.74) is 1.55. The molecule has 1 aromatic heterocycles. The van der Waals surface area contributed by atoms with Crippen LogP contribution in [0.1, 0.15) is 32.0 Å². The Labute approximate surface area is 124 Å². The van der Waals surface area contributed by atoms with E-state index in [4.69, 9.17) is 0 Å². The van der Waals surface area contributed by atoms with Gasteiger partial charge in [0.25, 0.3) is 0 Å². The van der Waals surface area contributed by atoms with E-state index in [1.165, 1.54) is 11.3 Å². The summed E-state index contributed by atoms with van der Waals surface area (Å²) in [7, 11) is 0. The van der Waals surface area contributed by atoms with Crippen LogP contribution in [-0.4, -0.2) is 42.1 Å². The van der Waals surface area contributed by atoms with Crippen LogP contribution < -0.4 is 9.64 Å². The highest BCUT2D eigenvalue weighted by Gasteiger charge is 2.21. The first-order chi connectivity index (χ1) is 9.52. The molecule has 20 heavy (non-hydrogen) atoms. The van der Waals surface area contributed by atoms with Crippen LogP contribution >= 0.6 is 11.3 Å². The lowest BCUT2D eigenvalue weighted by Crippen LogP contribution is -2.49. The third-order valence-corrected chi connectivity index (χ3v) is 4.75. The smallest absolute Gasteiger partial charge is 0.240 e. The molecule has 2 heterocycles. The van der Waals surface area contributed by atoms with Gasteiger partial charge >= 0.3 is 0 Å². The maximum Gasteiger partial charge on any atom is 0.240 e. The molecule has 110 valence electrons. The third-order valence-electron chi connectivity index (χ3n) is 3.73. The molecule has 1 aliphatic rings. The SMILES string of the molecule is C/C=C\c1nc(N2CCN(C(C)C)CC2)sc(=O)c1C. The van der Waals surface area contributed by atoms with Crippen molar-refractivity contribution in [2.45, 2.75) is 33.7 Å². The van der Waals surface area contributed by atoms with Crippen molar-refractivity contribution >= 4 is 22.5 Å². The van der Waals surface area contributed by atoms with E-state index >= 15 is 0 Å². The molecule has 0 N–H and O–H groups in total. The zero-order valence-electron chi connectivity index (χ0n) is 12.7. The molecule has 1 saturated heterocycles. The summed E-state index contributed by atoms with van der Waals surface area (Å²) >= 11 is 1.27. The van der Waals surface area contributed by atoms with Gasteiger partial charge in [-0.15, -0.1) is 0 Å². The van der Waals surface area contributed by atoms with Gasteiger partial charge in [0.15, 0.2) is 5.13 Å². The van der Waals surface area contributed by atoms with Crippen LogP contribution in [0, 0.1) is 6.92 Å². The monoisotopic (exact) mass is 293 g/mol. The molecular weight excluding hydrogens is 270 g/mol. The highest BCUT2D eigenvalue weighted by Crippen LogP contribution is 2.19. The lowest BCUT2D eigenvalue weighted by atomic mass is 10.2. The summed E-state index contributed by atoms with van der Waals surface area (Å²) in [5, 5.41) is 0.858. The Morgan fingerprint density at radius 2 is 1.90 bits per heavy atom. The summed E-state index contributed by atoms with van der Waals surface area (Å²) in [4.78, 5) is 21.4. The van der Waals surface area contributed by atoms with Gasteiger partial charge in [0, 0.05) is 37.8 Å². The van der Waals surface area contributed by atoms with Gasteiger partial charge in [0.2, 0.25) is 4.74 Å². The van der Waals surface area contributed by atoms with E-state index in [2.05, 4.69) is 28.6 Å². The second-order valence-corrected chi connectivity index (χ2v) is 6.35. The van der Waals surface area contributed by atoms with E-state index in [1.807, 2.05) is 26.0 Å². The summed E-state index contributed by atoms with van der Waals surface area (Å²) in [6.45, 7) is 12.2. The number of nitrogens with zero attached hydrogens (tertiary/aromatic N) is 3. The van der Waals surface area contributed by atoms with Crippen LogP contribution in [0.25, 0.3) is 6.08 Å². The van der Waals surface area contributed by atoms with Crippen molar-refractivity contribution < 1.29 is 0 Å². The standard InChI is InChI=1S/C15H23N3OS/c1-5-6-13-12(4)14(19)20-15(16-13)18-9-7-17(8-10-18)11(2)3/h5-6,11H,7-10H2,1-4H3/b6-5-. The lowest BCUT2D eigenvalue weighted by Gasteiger charge is -2.37. The van der Waals surface area contributed by atoms with Crippen molar-refractivity contribution in [3.05, 3.63) is 26.9 Å². The van der Waals surface area contributed by atoms with Gasteiger partial charge in [-0.3, -0.25) is 9.69 Å². The topological polar surface area (TPSA) is 36.4 Å². The van der Waals surface area contributed by atoms with Crippen molar-refractivity contribution in [2.75, 3.05) is 31.1 Å². The first-order valence-electron chi connectivity index (χ1n) is 7.16. The molecule has 0 aliphatic carbocycles. The van der Waals surface area contributed by atoms with Crippen molar-refractivity contribution in [3.63, 3.8) is 0 Å². The molecule has 0 aromatic carbocycles. The molecule has 1 aromatic rings. The highest BCUT2D eigenvalue weighted by atomic mass is 32.1. The maximum absolute atomic E-state index is 12.1. The van der Waals surface area contributed by atoms with Crippen LogP contribution in [0.15, 0.2) is 10.9 Å². The molecule has 5 heteroatoms. The van der Waals surface area contributed by atoms with Crippen LogP contribution in [0.5, 0.6) is 0 Å². The average molecular weight is 293 g/mol. The molecule has 0 spiro atoms. The fourth-order valence-corrected chi connectivity index (χ4v) is 3.24. The van der Waals surface area contributed by atoms with Crippen molar-refractivity contribution in [1.29, 1.82) is 0 Å². The normalized spacial score (nSPS) is 17.4. The summed E-state index contributed by atoms with van der Waals surface area (Å²) < 4.78 is 0.120. The Bertz CT molecular complexity index is 543. The van der Waals surface area contributed by atoms with Crippen LogP contribution in [0.4, 0.5) is 5.13 Å². The third kappa shape index (κ3) is 3.27. The quantitative estimate of drug-likeness (QED) is 0.857. The number of aromatic nitrogens is 1. The average Bonchev–Trinajstić information content (AvgIpc) is 2.44. The zero-order chi connectivity index (χ0) is 14.7. The number of piperazine rings is 1. The molecule has 0 radical (unpaired) electrons. The van der Waals surface area contributed by atoms with Gasteiger partial charge in [-0.1, -0.05) is 17.4 Å². The Morgan fingerprint density at radius 1 is 1.25 bits per heavy atom. The number of allylic oxidation sites excluding steroid dienone is 1. The fraction of sp³-hybridized carbons (Fsp3) is 0.600. The molecular formula is C15H23N3OS. The van der Waals surface area contributed by atoms with Gasteiger partial charge in [-0.05, 0) is 33.8 Å². The molecule has 1 aliphatic heterocycles. The van der Waals surface area contributed by atoms with E-state index in [0.717, 1.165) is 42.6 Å². The number of anilines is 1. The minimum absolute atomic E-state index is 0.120. The van der Waals surface area contributed by atoms with E-state index in [9.17, 15) is 4.79 Å². The van der Waals surface area contributed by atoms with E-state index in [0.29, 0.717) is 6.04 Å². The summed E-state index contributed by atoms with van der Waals surface area (Å²) in [6, 6.07) is 0.584. The minimum atomic E-state index is 0.120. The van der Waals surface area contributed by atoms with Gasteiger partial charge in [-0.25, -0.2) is 4.98 Å². The maximum atomic E-state index is 12.1. The van der Waals surface area contributed by atoms with Gasteiger partial charge in [-0.2, -0.15) is 0 Å². The molecule has 4 nitrogen and oxygen atoms in total. The summed E-state index contributed by atoms with van der Waals surface area (Å²) in [6.07, 6.45) is 3.84. The van der Waals surface area contributed by atoms with Crippen molar-refractivity contribution in [1.82, 2.24) is 9.88 Å². The Hall–Kier alpha value is -1.20. The van der Waals surface area contributed by atoms with Crippen molar-refractivity contribution in [2.24, 2.45) is 0 Å². The van der Waals surface area contributed by atoms with E-state index < -0.39 is 0 Å². The second-order valence-electron chi connectivity index (χ2n) is 5.41. The highest BCUT2D eigenvalue weighted by molar-refractivity contribution is 7.13. The number of hydrogen-bond donors (Lipinski definition) is 0. The van der Waals surface area contributed by atoms with Crippen LogP contribution in [-0.2, 0) is 0 Å². The molecule has 0 bridgehead atoms. The van der Waals surface area contributed by atoms with Gasteiger partial charge in [0.1, 0.15) is 0 Å². The Kier molecular flexibility index (Phi) is 4.94. The molecule has 0 amide bonds. The lowest BCUT2D eigenvalue weighted by molar-refractivity contribution is 0.209. The molecule has 2 rings (SSSR count). The van der Waals surface area contributed by atoms with Crippen LogP contribution in [0.3, 0.4) is 0 Å². The number of rotatable bonds is 3. The minimum Gasteiger partial charge on any atom is -0.345 e. The molecule has 1 fully saturated rings. The van der Waals surface area contributed by atoms with Crippen LogP contribution in [0.2, 0.25) is 0 Å². The molecule has 0 saturated carbocycles. The van der Waals surface area contributed by atoms with E-state index in [-0.39, 0.29) is 4.74 Å². The molecule has 0 atom stereocenters. The van der Waals surface area contributed by atoms with Crippen molar-refractivity contribution in [3.8, 4) is 0 Å². The van der Waals surface area contributed by atoms with E-state index in [1.54, 1.807) is 0 Å². The Balaban J connectivity index is 2.20. The Morgan fingerprint density at radius 3 is 2.45 bits per heavy atom. The largest absolute Gasteiger partial charge is 0.345 e. The zero-order valence-corrected chi connectivity index (χ0v) is 13.5. The fourth-order valence-electron chi connectivity index (χ4n) is 2.36. The molecule has 0 unspecified atom stereocenters. The van der Waals surface area contributed by atoms with Gasteiger partial charge < -0.3 is 4.90 Å². The summed E-state index contributed by atoms with van der Waals surface area (Å²) in [5.74, 6) is 0.